The van der Waals surface area contributed by atoms with Crippen LogP contribution in [0.25, 0.3) is 10.8 Å². The van der Waals surface area contributed by atoms with Crippen LogP contribution in [0.15, 0.2) is 48.5 Å². The number of carbonyl (C=O) groups excluding carboxylic acids is 2. The Morgan fingerprint density at radius 2 is 1.48 bits per heavy atom. The Balaban J connectivity index is 1.73. The minimum absolute atomic E-state index is 0.131. The summed E-state index contributed by atoms with van der Waals surface area (Å²) in [5, 5.41) is 19.7. The topological polar surface area (TPSA) is 111 Å². The average Bonchev–Trinajstić information content (AvgIpc) is 2.90. The molecule has 0 saturated heterocycles. The molecule has 0 fully saturated rings. The quantitative estimate of drug-likeness (QED) is 0.173. The van der Waals surface area contributed by atoms with E-state index in [1.54, 1.807) is 6.07 Å². The van der Waals surface area contributed by atoms with E-state index >= 15 is 0 Å². The zero-order valence-electron chi connectivity index (χ0n) is 24.1. The summed E-state index contributed by atoms with van der Waals surface area (Å²) in [4.78, 5) is 39.6. The number of nitrogens with one attached hydrogen (secondary N) is 3. The van der Waals surface area contributed by atoms with Crippen LogP contribution in [0.1, 0.15) is 66.1 Å². The molecule has 0 atom stereocenters. The third-order valence-corrected chi connectivity index (χ3v) is 6.95. The maximum absolute atomic E-state index is 13.4. The number of carboxylic acid groups (broad SMARTS) is 1. The van der Waals surface area contributed by atoms with E-state index in [0.29, 0.717) is 37.3 Å². The van der Waals surface area contributed by atoms with Crippen molar-refractivity contribution in [3.05, 3.63) is 70.8 Å². The van der Waals surface area contributed by atoms with Gasteiger partial charge in [0, 0.05) is 25.2 Å². The van der Waals surface area contributed by atoms with Crippen LogP contribution < -0.4 is 16.0 Å². The van der Waals surface area contributed by atoms with Crippen LogP contribution in [0.5, 0.6) is 0 Å². The van der Waals surface area contributed by atoms with Crippen LogP contribution in [-0.4, -0.2) is 54.1 Å². The largest absolute Gasteiger partial charge is 0.481 e. The first-order valence-corrected chi connectivity index (χ1v) is 14.1. The monoisotopic (exact) mass is 546 g/mol. The normalized spacial score (nSPS) is 11.0. The summed E-state index contributed by atoms with van der Waals surface area (Å²) in [5.41, 5.74) is 4.63. The number of aryl methyl sites for hydroxylation is 3. The van der Waals surface area contributed by atoms with Crippen molar-refractivity contribution in [3.63, 3.8) is 0 Å². The van der Waals surface area contributed by atoms with Gasteiger partial charge in [-0.3, -0.25) is 9.59 Å². The number of carboxylic acids is 1. The number of benzene rings is 3. The molecule has 214 valence electrons. The summed E-state index contributed by atoms with van der Waals surface area (Å²) >= 11 is 0. The highest BCUT2D eigenvalue weighted by molar-refractivity contribution is 6.10. The molecule has 0 aliphatic rings. The maximum Gasteiger partial charge on any atom is 0.323 e. The van der Waals surface area contributed by atoms with Crippen LogP contribution in [0.2, 0.25) is 0 Å². The SMILES string of the molecule is CCCCCN(CCCC(=O)O)CCNC(=O)c1cc2ccccc2cc1NC(=O)Nc1c(C)cc(C)cc1C. The molecule has 0 radical (unpaired) electrons. The van der Waals surface area contributed by atoms with Gasteiger partial charge >= 0.3 is 12.0 Å². The Morgan fingerprint density at radius 3 is 2.12 bits per heavy atom. The van der Waals surface area contributed by atoms with Gasteiger partial charge in [0.05, 0.1) is 11.3 Å². The highest BCUT2D eigenvalue weighted by Crippen LogP contribution is 2.26. The molecule has 8 heteroatoms. The lowest BCUT2D eigenvalue weighted by Gasteiger charge is -2.22. The molecular weight excluding hydrogens is 504 g/mol. The summed E-state index contributed by atoms with van der Waals surface area (Å²) in [6.07, 6.45) is 3.95. The Morgan fingerprint density at radius 1 is 0.825 bits per heavy atom. The van der Waals surface area contributed by atoms with Crippen LogP contribution in [0.4, 0.5) is 16.2 Å². The second kappa shape index (κ2) is 15.0. The first kappa shape index (κ1) is 30.6. The molecule has 0 saturated carbocycles. The van der Waals surface area contributed by atoms with Crippen LogP contribution in [0, 0.1) is 20.8 Å². The van der Waals surface area contributed by atoms with E-state index < -0.39 is 12.0 Å². The Bertz CT molecular complexity index is 1310. The zero-order valence-corrected chi connectivity index (χ0v) is 24.1. The van der Waals surface area contributed by atoms with E-state index in [4.69, 9.17) is 5.11 Å². The summed E-state index contributed by atoms with van der Waals surface area (Å²) in [6, 6.07) is 15.0. The third kappa shape index (κ3) is 9.09. The second-order valence-electron chi connectivity index (χ2n) is 10.4. The molecule has 40 heavy (non-hydrogen) atoms. The molecule has 3 aromatic rings. The minimum atomic E-state index is -0.796. The van der Waals surface area contributed by atoms with E-state index in [0.717, 1.165) is 59.0 Å². The Kier molecular flexibility index (Phi) is 11.5. The first-order valence-electron chi connectivity index (χ1n) is 14.1. The number of nitrogens with zero attached hydrogens (tertiary/aromatic N) is 1. The van der Waals surface area contributed by atoms with Gasteiger partial charge in [0.2, 0.25) is 0 Å². The lowest BCUT2D eigenvalue weighted by molar-refractivity contribution is -0.137. The average molecular weight is 547 g/mol. The zero-order chi connectivity index (χ0) is 29.1. The van der Waals surface area contributed by atoms with Crippen molar-refractivity contribution < 1.29 is 19.5 Å². The maximum atomic E-state index is 13.4. The van der Waals surface area contributed by atoms with Gasteiger partial charge in [-0.05, 0) is 80.7 Å². The van der Waals surface area contributed by atoms with Gasteiger partial charge in [-0.2, -0.15) is 0 Å². The number of hydrogen-bond donors (Lipinski definition) is 4. The molecule has 0 aliphatic carbocycles. The van der Waals surface area contributed by atoms with Crippen LogP contribution >= 0.6 is 0 Å². The van der Waals surface area contributed by atoms with E-state index in [-0.39, 0.29) is 12.3 Å². The molecule has 3 rings (SSSR count). The summed E-state index contributed by atoms with van der Waals surface area (Å²) < 4.78 is 0. The molecule has 3 aromatic carbocycles. The smallest absolute Gasteiger partial charge is 0.323 e. The number of hydrogen-bond acceptors (Lipinski definition) is 4. The molecule has 8 nitrogen and oxygen atoms in total. The van der Waals surface area contributed by atoms with Crippen molar-refractivity contribution in [2.45, 2.75) is 59.8 Å². The second-order valence-corrected chi connectivity index (χ2v) is 10.4. The van der Waals surface area contributed by atoms with Gasteiger partial charge in [0.25, 0.3) is 5.91 Å². The van der Waals surface area contributed by atoms with Crippen molar-refractivity contribution in [2.24, 2.45) is 0 Å². The summed E-state index contributed by atoms with van der Waals surface area (Å²) in [7, 11) is 0. The molecule has 0 spiro atoms. The predicted molar refractivity (Wildman–Crippen MR) is 162 cm³/mol. The fraction of sp³-hybridized carbons (Fsp3) is 0.406. The van der Waals surface area contributed by atoms with E-state index in [1.165, 1.54) is 0 Å². The van der Waals surface area contributed by atoms with Crippen LogP contribution in [-0.2, 0) is 4.79 Å². The van der Waals surface area contributed by atoms with Crippen molar-refractivity contribution >= 4 is 40.1 Å². The van der Waals surface area contributed by atoms with Crippen molar-refractivity contribution in [2.75, 3.05) is 36.8 Å². The van der Waals surface area contributed by atoms with Gasteiger partial charge in [0.15, 0.2) is 0 Å². The highest BCUT2D eigenvalue weighted by Gasteiger charge is 2.17. The number of unbranched alkanes of at least 4 members (excludes halogenated alkanes) is 2. The molecule has 0 unspecified atom stereocenters. The molecular formula is C32H42N4O4. The van der Waals surface area contributed by atoms with Gasteiger partial charge in [-0.15, -0.1) is 0 Å². The number of anilines is 2. The van der Waals surface area contributed by atoms with Crippen molar-refractivity contribution in [3.8, 4) is 0 Å². The van der Waals surface area contributed by atoms with E-state index in [9.17, 15) is 14.4 Å². The number of urea groups is 1. The predicted octanol–water partition coefficient (Wildman–Crippen LogP) is 6.50. The van der Waals surface area contributed by atoms with E-state index in [1.807, 2.05) is 63.2 Å². The summed E-state index contributed by atoms with van der Waals surface area (Å²) in [5.74, 6) is -1.07. The fourth-order valence-corrected chi connectivity index (χ4v) is 4.97. The third-order valence-electron chi connectivity index (χ3n) is 6.95. The van der Waals surface area contributed by atoms with Crippen molar-refractivity contribution in [1.82, 2.24) is 10.2 Å². The van der Waals surface area contributed by atoms with Gasteiger partial charge < -0.3 is 26.0 Å². The van der Waals surface area contributed by atoms with Gasteiger partial charge in [-0.25, -0.2) is 4.79 Å². The highest BCUT2D eigenvalue weighted by atomic mass is 16.4. The number of fused-ring (bicyclic) bond motifs is 1. The number of rotatable bonds is 14. The first-order chi connectivity index (χ1) is 19.2. The van der Waals surface area contributed by atoms with Gasteiger partial charge in [0.1, 0.15) is 0 Å². The van der Waals surface area contributed by atoms with Crippen molar-refractivity contribution in [1.29, 1.82) is 0 Å². The molecule has 0 aliphatic heterocycles. The standard InChI is InChI=1S/C32H42N4O4/c1-5-6-9-15-36(16-10-13-29(37)38)17-14-33-31(39)27-20-25-11-7-8-12-26(25)21-28(27)34-32(40)35-30-23(3)18-22(2)19-24(30)4/h7-8,11-12,18-21H,5-6,9-10,13-17H2,1-4H3,(H,33,39)(H,37,38)(H2,34,35,40). The molecule has 3 amide bonds. The lowest BCUT2D eigenvalue weighted by Crippen LogP contribution is -2.36. The number of aliphatic carboxylic acids is 1. The lowest BCUT2D eigenvalue weighted by atomic mass is 10.0. The fourth-order valence-electron chi connectivity index (χ4n) is 4.97. The van der Waals surface area contributed by atoms with Crippen LogP contribution in [0.3, 0.4) is 0 Å². The number of amides is 3. The Hall–Kier alpha value is -3.91. The molecule has 0 heterocycles. The molecule has 0 aromatic heterocycles. The molecule has 0 bridgehead atoms. The van der Waals surface area contributed by atoms with Gasteiger partial charge in [-0.1, -0.05) is 61.7 Å². The Labute approximate surface area is 237 Å². The van der Waals surface area contributed by atoms with E-state index in [2.05, 4.69) is 27.8 Å². The molecule has 4 N–H and O–H groups in total. The number of carbonyl (C=O) groups is 3. The summed E-state index contributed by atoms with van der Waals surface area (Å²) in [6.45, 7) is 10.7. The minimum Gasteiger partial charge on any atom is -0.481 e.